The lowest BCUT2D eigenvalue weighted by atomic mass is 10.1. The average molecular weight is 452 g/mol. The van der Waals surface area contributed by atoms with Crippen LogP contribution in [-0.4, -0.2) is 88.0 Å². The van der Waals surface area contributed by atoms with E-state index in [0.717, 1.165) is 57.6 Å². The van der Waals surface area contributed by atoms with Crippen LogP contribution in [0.2, 0.25) is 0 Å². The maximum Gasteiger partial charge on any atom is 0.193 e. The molecule has 6 nitrogen and oxygen atoms in total. The zero-order valence-electron chi connectivity index (χ0n) is 15.2. The smallest absolute Gasteiger partial charge is 0.193 e. The maximum atomic E-state index is 5.94. The van der Waals surface area contributed by atoms with Crippen molar-refractivity contribution in [1.82, 2.24) is 15.1 Å². The molecule has 0 aromatic rings. The molecule has 3 unspecified atom stereocenters. The molecule has 1 saturated carbocycles. The topological polar surface area (TPSA) is 49.3 Å². The molecule has 0 radical (unpaired) electrons. The van der Waals surface area contributed by atoms with Crippen molar-refractivity contribution < 1.29 is 9.47 Å². The molecule has 7 heteroatoms. The largest absolute Gasteiger partial charge is 0.375 e. The highest BCUT2D eigenvalue weighted by molar-refractivity contribution is 14.0. The van der Waals surface area contributed by atoms with Gasteiger partial charge in [-0.15, -0.1) is 24.0 Å². The SMILES string of the molecule is CN=C(NCC(C1CC1)N(C)C)N1CCOC(C2CCCO2)C1.I. The quantitative estimate of drug-likeness (QED) is 0.389. The number of likely N-dealkylation sites (N-methyl/N-ethyl adjacent to an activating group) is 1. The highest BCUT2D eigenvalue weighted by Gasteiger charge is 2.34. The molecule has 2 aliphatic heterocycles. The van der Waals surface area contributed by atoms with Crippen molar-refractivity contribution in [1.29, 1.82) is 0 Å². The summed E-state index contributed by atoms with van der Waals surface area (Å²) >= 11 is 0. The molecular formula is C17H33IN4O2. The lowest BCUT2D eigenvalue weighted by Crippen LogP contribution is -2.55. The number of aliphatic imine (C=N–C) groups is 1. The summed E-state index contributed by atoms with van der Waals surface area (Å²) in [5.74, 6) is 1.85. The maximum absolute atomic E-state index is 5.94. The molecule has 2 saturated heterocycles. The van der Waals surface area contributed by atoms with Gasteiger partial charge in [-0.3, -0.25) is 4.99 Å². The van der Waals surface area contributed by atoms with Crippen LogP contribution in [0, 0.1) is 5.92 Å². The Kier molecular flexibility index (Phi) is 8.03. The summed E-state index contributed by atoms with van der Waals surface area (Å²) < 4.78 is 11.7. The number of rotatable bonds is 5. The third kappa shape index (κ3) is 5.19. The Morgan fingerprint density at radius 2 is 1.96 bits per heavy atom. The summed E-state index contributed by atoms with van der Waals surface area (Å²) in [4.78, 5) is 9.17. The minimum absolute atomic E-state index is 0. The van der Waals surface area contributed by atoms with Gasteiger partial charge in [0.05, 0.1) is 12.7 Å². The van der Waals surface area contributed by atoms with Crippen molar-refractivity contribution in [3.63, 3.8) is 0 Å². The zero-order chi connectivity index (χ0) is 16.2. The van der Waals surface area contributed by atoms with Gasteiger partial charge >= 0.3 is 0 Å². The predicted molar refractivity (Wildman–Crippen MR) is 107 cm³/mol. The van der Waals surface area contributed by atoms with Gasteiger partial charge in [0, 0.05) is 39.3 Å². The second kappa shape index (κ2) is 9.54. The van der Waals surface area contributed by atoms with Crippen LogP contribution in [0.25, 0.3) is 0 Å². The van der Waals surface area contributed by atoms with E-state index in [9.17, 15) is 0 Å². The zero-order valence-corrected chi connectivity index (χ0v) is 17.6. The van der Waals surface area contributed by atoms with E-state index in [4.69, 9.17) is 9.47 Å². The number of hydrogen-bond donors (Lipinski definition) is 1. The molecule has 3 atom stereocenters. The minimum Gasteiger partial charge on any atom is -0.375 e. The molecule has 140 valence electrons. The second-order valence-corrected chi connectivity index (χ2v) is 7.20. The normalized spacial score (nSPS) is 29.5. The standard InChI is InChI=1S/C17H32N4O2.HI/c1-18-17(19-11-14(20(2)3)13-6-7-13)21-8-10-23-16(12-21)15-5-4-9-22-15;/h13-16H,4-12H2,1-3H3,(H,18,19);1H. The Morgan fingerprint density at radius 3 is 2.54 bits per heavy atom. The highest BCUT2D eigenvalue weighted by atomic mass is 127. The number of guanidine groups is 1. The van der Waals surface area contributed by atoms with Crippen LogP contribution in [-0.2, 0) is 9.47 Å². The average Bonchev–Trinajstić information content (AvgIpc) is 3.23. The number of nitrogens with one attached hydrogen (secondary N) is 1. The third-order valence-corrected chi connectivity index (χ3v) is 5.28. The summed E-state index contributed by atoms with van der Waals surface area (Å²) in [5.41, 5.74) is 0. The van der Waals surface area contributed by atoms with Crippen molar-refractivity contribution in [2.24, 2.45) is 10.9 Å². The van der Waals surface area contributed by atoms with Gasteiger partial charge in [-0.2, -0.15) is 0 Å². The van der Waals surface area contributed by atoms with E-state index in [1.54, 1.807) is 0 Å². The van der Waals surface area contributed by atoms with Gasteiger partial charge in [0.1, 0.15) is 6.10 Å². The summed E-state index contributed by atoms with van der Waals surface area (Å²) in [7, 11) is 6.23. The van der Waals surface area contributed by atoms with E-state index < -0.39 is 0 Å². The molecule has 0 amide bonds. The molecule has 3 rings (SSSR count). The number of nitrogens with zero attached hydrogens (tertiary/aromatic N) is 3. The van der Waals surface area contributed by atoms with Crippen LogP contribution in [0.15, 0.2) is 4.99 Å². The first kappa shape index (κ1) is 20.2. The molecule has 2 heterocycles. The lowest BCUT2D eigenvalue weighted by Gasteiger charge is -2.37. The van der Waals surface area contributed by atoms with Gasteiger partial charge in [0.15, 0.2) is 5.96 Å². The van der Waals surface area contributed by atoms with Gasteiger partial charge < -0.3 is 24.6 Å². The molecule has 0 bridgehead atoms. The summed E-state index contributed by atoms with van der Waals surface area (Å²) in [6, 6.07) is 0.599. The van der Waals surface area contributed by atoms with E-state index in [1.165, 1.54) is 12.8 Å². The first-order valence-electron chi connectivity index (χ1n) is 9.04. The van der Waals surface area contributed by atoms with Crippen LogP contribution in [0.1, 0.15) is 25.7 Å². The van der Waals surface area contributed by atoms with E-state index in [1.807, 2.05) is 7.05 Å². The van der Waals surface area contributed by atoms with Crippen molar-refractivity contribution in [2.75, 3.05) is 54.0 Å². The van der Waals surface area contributed by atoms with Crippen LogP contribution in [0.3, 0.4) is 0 Å². The number of hydrogen-bond acceptors (Lipinski definition) is 4. The molecule has 0 aromatic heterocycles. The van der Waals surface area contributed by atoms with E-state index >= 15 is 0 Å². The fraction of sp³-hybridized carbons (Fsp3) is 0.941. The number of halogens is 1. The third-order valence-electron chi connectivity index (χ3n) is 5.28. The van der Waals surface area contributed by atoms with E-state index in [0.29, 0.717) is 6.04 Å². The first-order chi connectivity index (χ1) is 11.2. The molecular weight excluding hydrogens is 419 g/mol. The van der Waals surface area contributed by atoms with Crippen molar-refractivity contribution in [3.8, 4) is 0 Å². The number of ether oxygens (including phenoxy) is 2. The Bertz CT molecular complexity index is 409. The predicted octanol–water partition coefficient (Wildman–Crippen LogP) is 1.40. The lowest BCUT2D eigenvalue weighted by molar-refractivity contribution is -0.0817. The van der Waals surface area contributed by atoms with Crippen molar-refractivity contribution >= 4 is 29.9 Å². The fourth-order valence-electron chi connectivity index (χ4n) is 3.77. The van der Waals surface area contributed by atoms with Crippen LogP contribution < -0.4 is 5.32 Å². The molecule has 1 aliphatic carbocycles. The van der Waals surface area contributed by atoms with E-state index in [2.05, 4.69) is 34.2 Å². The first-order valence-corrected chi connectivity index (χ1v) is 9.04. The Morgan fingerprint density at radius 1 is 1.21 bits per heavy atom. The van der Waals surface area contributed by atoms with Crippen LogP contribution >= 0.6 is 24.0 Å². The van der Waals surface area contributed by atoms with Crippen molar-refractivity contribution in [3.05, 3.63) is 0 Å². The van der Waals surface area contributed by atoms with Gasteiger partial charge in [-0.25, -0.2) is 0 Å². The molecule has 24 heavy (non-hydrogen) atoms. The highest BCUT2D eigenvalue weighted by Crippen LogP contribution is 2.34. The monoisotopic (exact) mass is 452 g/mol. The fourth-order valence-corrected chi connectivity index (χ4v) is 3.77. The molecule has 0 aromatic carbocycles. The molecule has 3 aliphatic rings. The van der Waals surface area contributed by atoms with Crippen LogP contribution in [0.5, 0.6) is 0 Å². The minimum atomic E-state index is 0. The summed E-state index contributed by atoms with van der Waals surface area (Å²) in [6.45, 7) is 4.38. The van der Waals surface area contributed by atoms with E-state index in [-0.39, 0.29) is 36.2 Å². The van der Waals surface area contributed by atoms with Gasteiger partial charge in [0.2, 0.25) is 0 Å². The van der Waals surface area contributed by atoms with Crippen molar-refractivity contribution in [2.45, 2.75) is 43.9 Å². The summed E-state index contributed by atoms with van der Waals surface area (Å²) in [5, 5.41) is 3.59. The summed E-state index contributed by atoms with van der Waals surface area (Å²) in [6.07, 6.45) is 5.44. The molecule has 3 fully saturated rings. The second-order valence-electron chi connectivity index (χ2n) is 7.20. The Balaban J connectivity index is 0.00000208. The Labute approximate surface area is 163 Å². The van der Waals surface area contributed by atoms with Crippen LogP contribution in [0.4, 0.5) is 0 Å². The van der Waals surface area contributed by atoms with Gasteiger partial charge in [0.25, 0.3) is 0 Å². The number of morpholine rings is 1. The molecule has 1 N–H and O–H groups in total. The Hall–Kier alpha value is -0.120. The molecule has 0 spiro atoms. The van der Waals surface area contributed by atoms with Gasteiger partial charge in [-0.05, 0) is 45.7 Å². The van der Waals surface area contributed by atoms with Gasteiger partial charge in [-0.1, -0.05) is 0 Å².